The Morgan fingerprint density at radius 3 is 0.532 bits per heavy atom. The van der Waals surface area contributed by atoms with Crippen molar-refractivity contribution in [1.82, 2.24) is 0 Å². The summed E-state index contributed by atoms with van der Waals surface area (Å²) in [5, 5.41) is 15.5. The quantitative estimate of drug-likeness (QED) is 0.0845. The van der Waals surface area contributed by atoms with Gasteiger partial charge in [-0.2, -0.15) is 0 Å². The van der Waals surface area contributed by atoms with Gasteiger partial charge >= 0.3 is 0 Å². The molecule has 12 rings (SSSR count). The van der Waals surface area contributed by atoms with Crippen molar-refractivity contribution in [3.8, 4) is 0 Å². The maximum Gasteiger partial charge on any atom is 0.00883 e. The molecule has 0 heterocycles. The van der Waals surface area contributed by atoms with E-state index in [-0.39, 0.29) is 24.4 Å². The number of hydrogen-bond acceptors (Lipinski definition) is 0. The molecule has 11 aromatic carbocycles. The van der Waals surface area contributed by atoms with E-state index in [2.05, 4.69) is 358 Å². The average Bonchev–Trinajstić information content (AvgIpc) is 3.51. The molecule has 0 radical (unpaired) electrons. The van der Waals surface area contributed by atoms with Gasteiger partial charge < -0.3 is 0 Å². The standard InChI is InChI=1S/C18H17P.3C18H15P.Ni/c4*1-4-10-16(11-5-1)19(17-12-6-2-7-13-17)18-14-8-3-9-15-18;/h1-14,18H,15H2;3*1-15H;. The second-order valence-corrected chi connectivity index (χ2v) is 26.8. The number of rotatable bonds is 12. The molecule has 1 aliphatic rings. The Balaban J connectivity index is 0.000000135. The van der Waals surface area contributed by atoms with Crippen LogP contribution in [-0.4, -0.2) is 5.66 Å². The van der Waals surface area contributed by atoms with Gasteiger partial charge in [0.25, 0.3) is 0 Å². The van der Waals surface area contributed by atoms with Crippen LogP contribution in [0.5, 0.6) is 0 Å². The van der Waals surface area contributed by atoms with Crippen molar-refractivity contribution in [1.29, 1.82) is 0 Å². The Bertz CT molecular complexity index is 2760. The fraction of sp³-hybridized carbons (Fsp3) is 0.0278. The van der Waals surface area contributed by atoms with Crippen LogP contribution in [-0.2, 0) is 16.5 Å². The van der Waals surface area contributed by atoms with E-state index >= 15 is 0 Å². The zero-order valence-corrected chi connectivity index (χ0v) is 47.5. The average molecular weight is 1110 g/mol. The van der Waals surface area contributed by atoms with Gasteiger partial charge in [0.15, 0.2) is 0 Å². The SMILES string of the molecule is C1=CCC(P(c2ccccc2)c2ccccc2)C=C1.[Ni].c1ccc(P(c2ccccc2)c2ccccc2)cc1.c1ccc(P(c2ccccc2)c2ccccc2)cc1.c1ccc(P(c2ccccc2)c2ccccc2)cc1. The van der Waals surface area contributed by atoms with Crippen molar-refractivity contribution in [2.75, 3.05) is 0 Å². The molecule has 0 amide bonds. The van der Waals surface area contributed by atoms with Crippen molar-refractivity contribution in [3.05, 3.63) is 358 Å². The summed E-state index contributed by atoms with van der Waals surface area (Å²) < 4.78 is 0. The van der Waals surface area contributed by atoms with Gasteiger partial charge in [0.2, 0.25) is 0 Å². The fourth-order valence-corrected chi connectivity index (χ4v) is 18.6. The van der Waals surface area contributed by atoms with Crippen molar-refractivity contribution in [2.24, 2.45) is 0 Å². The molecular formula is C72H62NiP4. The first-order valence-corrected chi connectivity index (χ1v) is 31.3. The van der Waals surface area contributed by atoms with Crippen LogP contribution in [0.3, 0.4) is 0 Å². The van der Waals surface area contributed by atoms with Crippen LogP contribution >= 0.6 is 31.7 Å². The second kappa shape index (κ2) is 31.4. The van der Waals surface area contributed by atoms with Crippen LogP contribution in [0.4, 0.5) is 0 Å². The summed E-state index contributed by atoms with van der Waals surface area (Å²) in [4.78, 5) is 0. The van der Waals surface area contributed by atoms with E-state index in [1.165, 1.54) is 58.3 Å². The molecular weight excluding hydrogens is 1050 g/mol. The molecule has 1 aliphatic carbocycles. The van der Waals surface area contributed by atoms with E-state index in [1.54, 1.807) is 0 Å². The molecule has 0 fully saturated rings. The topological polar surface area (TPSA) is 0 Å². The maximum atomic E-state index is 2.37. The Hall–Kier alpha value is -6.89. The molecule has 1 atom stereocenters. The van der Waals surface area contributed by atoms with Crippen LogP contribution in [0.25, 0.3) is 0 Å². The molecule has 1 unspecified atom stereocenters. The maximum absolute atomic E-state index is 2.37. The van der Waals surface area contributed by atoms with Gasteiger partial charge in [-0.25, -0.2) is 0 Å². The van der Waals surface area contributed by atoms with Gasteiger partial charge in [0, 0.05) is 22.2 Å². The smallest absolute Gasteiger partial charge is 0.00883 e. The fourth-order valence-electron chi connectivity index (χ4n) is 9.00. The van der Waals surface area contributed by atoms with Crippen molar-refractivity contribution in [2.45, 2.75) is 12.1 Å². The Morgan fingerprint density at radius 2 is 0.377 bits per heavy atom. The molecule has 0 spiro atoms. The zero-order valence-electron chi connectivity index (χ0n) is 43.0. The second-order valence-electron chi connectivity index (χ2n) is 17.7. The van der Waals surface area contributed by atoms with Crippen LogP contribution in [0.1, 0.15) is 6.42 Å². The van der Waals surface area contributed by atoms with E-state index in [9.17, 15) is 0 Å². The first-order valence-electron chi connectivity index (χ1n) is 25.9. The summed E-state index contributed by atoms with van der Waals surface area (Å²) in [5.41, 5.74) is 0.616. The van der Waals surface area contributed by atoms with Crippen molar-refractivity contribution >= 4 is 90.0 Å². The Morgan fingerprint density at radius 1 is 0.208 bits per heavy atom. The number of hydrogen-bond donors (Lipinski definition) is 0. The third-order valence-corrected chi connectivity index (χ3v) is 22.6. The number of allylic oxidation sites excluding steroid dienone is 4. The molecule has 5 heteroatoms. The van der Waals surface area contributed by atoms with E-state index < -0.39 is 23.8 Å². The number of benzene rings is 11. The molecule has 0 bridgehead atoms. The van der Waals surface area contributed by atoms with E-state index in [1.807, 2.05) is 0 Å². The van der Waals surface area contributed by atoms with Crippen LogP contribution in [0, 0.1) is 0 Å². The summed E-state index contributed by atoms with van der Waals surface area (Å²) in [6.07, 6.45) is 10.1. The normalized spacial score (nSPS) is 12.2. The molecule has 0 aromatic heterocycles. The molecule has 0 aliphatic heterocycles. The van der Waals surface area contributed by atoms with Gasteiger partial charge in [-0.3, -0.25) is 0 Å². The van der Waals surface area contributed by atoms with Gasteiger partial charge in [0.1, 0.15) is 0 Å². The minimum atomic E-state index is -0.446. The first-order chi connectivity index (χ1) is 37.8. The summed E-state index contributed by atoms with van der Waals surface area (Å²) in [7, 11) is -1.65. The molecule has 0 saturated carbocycles. The van der Waals surface area contributed by atoms with E-state index in [0.29, 0.717) is 5.66 Å². The van der Waals surface area contributed by atoms with E-state index in [0.717, 1.165) is 6.42 Å². The monoisotopic (exact) mass is 1110 g/mol. The predicted molar refractivity (Wildman–Crippen MR) is 341 cm³/mol. The zero-order chi connectivity index (χ0) is 51.7. The minimum Gasteiger partial charge on any atom is -0.0836 e. The largest absolute Gasteiger partial charge is 0.0836 e. The Labute approximate surface area is 473 Å². The Kier molecular flexibility index (Phi) is 22.9. The van der Waals surface area contributed by atoms with Crippen molar-refractivity contribution in [3.63, 3.8) is 0 Å². The summed E-state index contributed by atoms with van der Waals surface area (Å²) >= 11 is 0. The van der Waals surface area contributed by atoms with Gasteiger partial charge in [-0.05, 0) is 96.5 Å². The summed E-state index contributed by atoms with van der Waals surface area (Å²) in [5.74, 6) is 0. The van der Waals surface area contributed by atoms with Gasteiger partial charge in [0.05, 0.1) is 0 Å². The summed E-state index contributed by atoms with van der Waals surface area (Å²) in [6, 6.07) is 119. The van der Waals surface area contributed by atoms with Crippen LogP contribution < -0.4 is 58.3 Å². The molecule has 0 N–H and O–H groups in total. The molecule has 11 aromatic rings. The third-order valence-electron chi connectivity index (χ3n) is 12.5. The molecule has 0 nitrogen and oxygen atoms in total. The van der Waals surface area contributed by atoms with E-state index in [4.69, 9.17) is 0 Å². The van der Waals surface area contributed by atoms with Gasteiger partial charge in [-0.15, -0.1) is 0 Å². The van der Waals surface area contributed by atoms with Crippen LogP contribution in [0.15, 0.2) is 358 Å². The van der Waals surface area contributed by atoms with Crippen molar-refractivity contribution < 1.29 is 16.5 Å². The molecule has 77 heavy (non-hydrogen) atoms. The summed E-state index contributed by atoms with van der Waals surface area (Å²) in [6.45, 7) is 0. The molecule has 380 valence electrons. The molecule has 0 saturated heterocycles. The third kappa shape index (κ3) is 16.6. The first kappa shape index (κ1) is 56.3. The predicted octanol–water partition coefficient (Wildman–Crippen LogP) is 14.3. The van der Waals surface area contributed by atoms with Gasteiger partial charge in [-0.1, -0.05) is 358 Å². The van der Waals surface area contributed by atoms with Crippen LogP contribution in [0.2, 0.25) is 0 Å². The minimum absolute atomic E-state index is 0.